The van der Waals surface area contributed by atoms with Gasteiger partial charge in [0.25, 0.3) is 0 Å². The maximum absolute atomic E-state index is 14.4. The first-order chi connectivity index (χ1) is 14.1. The smallest absolute Gasteiger partial charge is 0.176 e. The number of hydrogen-bond donors (Lipinski definition) is 0. The minimum absolute atomic E-state index is 0.0811. The van der Waals surface area contributed by atoms with Crippen LogP contribution in [0.2, 0.25) is 5.02 Å². The van der Waals surface area contributed by atoms with Gasteiger partial charge in [-0.15, -0.1) is 0 Å². The molecule has 1 aliphatic heterocycles. The summed E-state index contributed by atoms with van der Waals surface area (Å²) in [5.74, 6) is -2.40. The quantitative estimate of drug-likeness (QED) is 0.597. The molecule has 2 unspecified atom stereocenters. The van der Waals surface area contributed by atoms with E-state index in [-0.39, 0.29) is 23.2 Å². The van der Waals surface area contributed by atoms with Gasteiger partial charge < -0.3 is 14.5 Å². The van der Waals surface area contributed by atoms with Crippen molar-refractivity contribution < 1.29 is 22.7 Å². The third-order valence-corrected chi connectivity index (χ3v) is 7.25. The molecule has 5 nitrogen and oxygen atoms in total. The van der Waals surface area contributed by atoms with Crippen LogP contribution in [0.5, 0.6) is 0 Å². The molecule has 0 aliphatic carbocycles. The van der Waals surface area contributed by atoms with Crippen LogP contribution in [0.1, 0.15) is 48.4 Å². The van der Waals surface area contributed by atoms with Crippen LogP contribution in [0.3, 0.4) is 0 Å². The van der Waals surface area contributed by atoms with Gasteiger partial charge in [-0.25, -0.2) is 12.8 Å². The predicted molar refractivity (Wildman–Crippen MR) is 111 cm³/mol. The fraction of sp³-hybridized carbons (Fsp3) is 0.318. The lowest BCUT2D eigenvalue weighted by atomic mass is 9.86. The zero-order valence-corrected chi connectivity index (χ0v) is 18.1. The molecule has 0 fully saturated rings. The van der Waals surface area contributed by atoms with Gasteiger partial charge in [-0.1, -0.05) is 30.7 Å². The van der Waals surface area contributed by atoms with E-state index in [1.165, 1.54) is 6.07 Å². The highest BCUT2D eigenvalue weighted by Gasteiger charge is 2.34. The van der Waals surface area contributed by atoms with Gasteiger partial charge in [0, 0.05) is 46.7 Å². The molecular weight excluding hydrogens is 429 g/mol. The Morgan fingerprint density at radius 3 is 2.57 bits per heavy atom. The summed E-state index contributed by atoms with van der Waals surface area (Å²) >= 11 is 6.02. The monoisotopic (exact) mass is 448 g/mol. The van der Waals surface area contributed by atoms with Crippen molar-refractivity contribution in [1.82, 2.24) is 4.57 Å². The summed E-state index contributed by atoms with van der Waals surface area (Å²) < 4.78 is 41.3. The number of carboxylic acid groups (broad SMARTS) is 1. The van der Waals surface area contributed by atoms with Crippen molar-refractivity contribution in [3.05, 3.63) is 64.1 Å². The Balaban J connectivity index is 2.08. The number of benzene rings is 2. The summed E-state index contributed by atoms with van der Waals surface area (Å²) in [5, 5.41) is 12.4. The van der Waals surface area contributed by atoms with E-state index < -0.39 is 21.6 Å². The molecule has 8 heteroatoms. The van der Waals surface area contributed by atoms with Crippen molar-refractivity contribution in [2.45, 2.75) is 43.0 Å². The molecule has 2 heterocycles. The summed E-state index contributed by atoms with van der Waals surface area (Å²) in [4.78, 5) is 11.3. The van der Waals surface area contributed by atoms with E-state index in [1.54, 1.807) is 12.1 Å². The van der Waals surface area contributed by atoms with E-state index in [0.29, 0.717) is 28.9 Å². The van der Waals surface area contributed by atoms with Crippen molar-refractivity contribution >= 4 is 38.3 Å². The standard InChI is InChI=1S/C22H21ClFNO4S/c1-12(13-3-5-15(23)6-4-13)20-21-17(10-16(24)11-18(21)30(2,28)29)25-8-7-14(22(20)25)9-19(26)27/h3-6,10-12,14H,7-9H2,1-2H3,(H,26,27)/p-1. The molecule has 158 valence electrons. The third-order valence-electron chi connectivity index (χ3n) is 5.88. The molecule has 30 heavy (non-hydrogen) atoms. The Morgan fingerprint density at radius 1 is 1.30 bits per heavy atom. The third kappa shape index (κ3) is 3.50. The summed E-state index contributed by atoms with van der Waals surface area (Å²) in [6.45, 7) is 2.42. The number of hydrogen-bond acceptors (Lipinski definition) is 4. The number of carboxylic acids is 1. The number of sulfone groups is 1. The van der Waals surface area contributed by atoms with Crippen molar-refractivity contribution in [2.24, 2.45) is 0 Å². The summed E-state index contributed by atoms with van der Waals surface area (Å²) in [6, 6.07) is 9.58. The van der Waals surface area contributed by atoms with Gasteiger partial charge in [-0.2, -0.15) is 0 Å². The van der Waals surface area contributed by atoms with Crippen LogP contribution < -0.4 is 5.11 Å². The number of aromatic nitrogens is 1. The highest BCUT2D eigenvalue weighted by atomic mass is 35.5. The fourth-order valence-electron chi connectivity index (χ4n) is 4.61. The minimum Gasteiger partial charge on any atom is -0.550 e. The lowest BCUT2D eigenvalue weighted by molar-refractivity contribution is -0.306. The van der Waals surface area contributed by atoms with Crippen LogP contribution in [-0.4, -0.2) is 25.2 Å². The molecule has 0 bridgehead atoms. The molecule has 0 radical (unpaired) electrons. The number of nitrogens with zero attached hydrogens (tertiary/aromatic N) is 1. The van der Waals surface area contributed by atoms with Crippen LogP contribution in [0.15, 0.2) is 41.3 Å². The van der Waals surface area contributed by atoms with E-state index in [1.807, 2.05) is 23.6 Å². The zero-order valence-electron chi connectivity index (χ0n) is 16.5. The summed E-state index contributed by atoms with van der Waals surface area (Å²) in [5.41, 5.74) is 2.84. The Hall–Kier alpha value is -2.38. The molecule has 3 aromatic rings. The van der Waals surface area contributed by atoms with Gasteiger partial charge in [0.2, 0.25) is 0 Å². The second-order valence-electron chi connectivity index (χ2n) is 7.86. The van der Waals surface area contributed by atoms with Gasteiger partial charge in [0.05, 0.1) is 10.4 Å². The van der Waals surface area contributed by atoms with E-state index >= 15 is 0 Å². The van der Waals surface area contributed by atoms with Crippen LogP contribution >= 0.6 is 11.6 Å². The van der Waals surface area contributed by atoms with Crippen LogP contribution in [0, 0.1) is 5.82 Å². The number of carbonyl (C=O) groups excluding carboxylic acids is 1. The Kier molecular flexibility index (Phi) is 5.14. The Morgan fingerprint density at radius 2 is 1.97 bits per heavy atom. The highest BCUT2D eigenvalue weighted by molar-refractivity contribution is 7.91. The average molecular weight is 449 g/mol. The van der Waals surface area contributed by atoms with Crippen LogP contribution in [0.4, 0.5) is 4.39 Å². The molecular formula is C22H20ClFNO4S-. The number of rotatable bonds is 5. The zero-order chi connectivity index (χ0) is 21.8. The lowest BCUT2D eigenvalue weighted by Crippen LogP contribution is -2.24. The highest BCUT2D eigenvalue weighted by Crippen LogP contribution is 2.46. The van der Waals surface area contributed by atoms with Crippen molar-refractivity contribution in [1.29, 1.82) is 0 Å². The molecule has 4 rings (SSSR count). The molecule has 0 saturated heterocycles. The van der Waals surface area contributed by atoms with Crippen molar-refractivity contribution in [3.63, 3.8) is 0 Å². The van der Waals surface area contributed by atoms with Gasteiger partial charge in [-0.05, 0) is 48.2 Å². The maximum Gasteiger partial charge on any atom is 0.176 e. The first-order valence-corrected chi connectivity index (χ1v) is 11.9. The minimum atomic E-state index is -3.73. The number of carbonyl (C=O) groups is 1. The van der Waals surface area contributed by atoms with Crippen LogP contribution in [0.25, 0.3) is 10.9 Å². The number of halogens is 2. The largest absolute Gasteiger partial charge is 0.550 e. The number of aliphatic carboxylic acids is 1. The van der Waals surface area contributed by atoms with E-state index in [4.69, 9.17) is 11.6 Å². The molecule has 2 atom stereocenters. The maximum atomic E-state index is 14.4. The first kappa shape index (κ1) is 20.9. The van der Waals surface area contributed by atoms with Crippen molar-refractivity contribution in [2.75, 3.05) is 6.26 Å². The summed E-state index contributed by atoms with van der Waals surface area (Å²) in [6.07, 6.45) is 1.46. The number of aryl methyl sites for hydroxylation is 1. The Bertz CT molecular complexity index is 1260. The van der Waals surface area contributed by atoms with Gasteiger partial charge in [-0.3, -0.25) is 0 Å². The molecule has 2 aromatic carbocycles. The van der Waals surface area contributed by atoms with Gasteiger partial charge in [0.15, 0.2) is 9.84 Å². The molecule has 0 spiro atoms. The molecule has 1 aromatic heterocycles. The van der Waals surface area contributed by atoms with Crippen LogP contribution in [-0.2, 0) is 21.2 Å². The predicted octanol–water partition coefficient (Wildman–Crippen LogP) is 3.62. The topological polar surface area (TPSA) is 79.2 Å². The summed E-state index contributed by atoms with van der Waals surface area (Å²) in [7, 11) is -3.73. The molecule has 0 saturated carbocycles. The first-order valence-electron chi connectivity index (χ1n) is 9.58. The average Bonchev–Trinajstić information content (AvgIpc) is 3.18. The lowest BCUT2D eigenvalue weighted by Gasteiger charge is -2.19. The SMILES string of the molecule is CC(c1ccc(Cl)cc1)c1c2n(c3cc(F)cc(S(C)(=O)=O)c13)CCC2CC(=O)[O-]. The number of fused-ring (bicyclic) bond motifs is 3. The normalized spacial score (nSPS) is 17.3. The van der Waals surface area contributed by atoms with E-state index in [0.717, 1.165) is 29.1 Å². The fourth-order valence-corrected chi connectivity index (χ4v) is 5.64. The second-order valence-corrected chi connectivity index (χ2v) is 10.3. The van der Waals surface area contributed by atoms with E-state index in [2.05, 4.69) is 0 Å². The van der Waals surface area contributed by atoms with Gasteiger partial charge in [0.1, 0.15) is 5.82 Å². The van der Waals surface area contributed by atoms with Gasteiger partial charge >= 0.3 is 0 Å². The van der Waals surface area contributed by atoms with E-state index in [9.17, 15) is 22.7 Å². The second kappa shape index (κ2) is 7.39. The molecule has 0 N–H and O–H groups in total. The Labute approximate surface area is 179 Å². The molecule has 1 aliphatic rings. The van der Waals surface area contributed by atoms with Crippen molar-refractivity contribution in [3.8, 4) is 0 Å². The molecule has 0 amide bonds.